The van der Waals surface area contributed by atoms with E-state index in [1.54, 1.807) is 6.20 Å². The minimum atomic E-state index is -0.514. The minimum absolute atomic E-state index is 0.132. The Hall–Kier alpha value is -2.56. The highest BCUT2D eigenvalue weighted by Gasteiger charge is 2.45. The number of rotatable bonds is 1. The molecule has 1 aliphatic carbocycles. The van der Waals surface area contributed by atoms with Crippen LogP contribution >= 0.6 is 0 Å². The molecular weight excluding hydrogens is 336 g/mol. The molecular formula is C22H28N4O. The van der Waals surface area contributed by atoms with Crippen molar-refractivity contribution in [2.75, 3.05) is 11.9 Å². The first kappa shape index (κ1) is 17.8. The fourth-order valence-corrected chi connectivity index (χ4v) is 4.64. The number of carbonyl (C=O) groups is 1. The topological polar surface area (TPSA) is 74.5 Å². The number of anilines is 1. The first-order valence-corrected chi connectivity index (χ1v) is 9.72. The molecule has 0 spiro atoms. The van der Waals surface area contributed by atoms with E-state index < -0.39 is 5.41 Å². The number of aromatic nitrogens is 1. The van der Waals surface area contributed by atoms with Gasteiger partial charge in [0.25, 0.3) is 0 Å². The second-order valence-corrected chi connectivity index (χ2v) is 8.41. The maximum atomic E-state index is 13.0. The van der Waals surface area contributed by atoms with Crippen molar-refractivity contribution in [3.8, 4) is 0 Å². The molecule has 2 heterocycles. The molecule has 0 fully saturated rings. The van der Waals surface area contributed by atoms with Crippen molar-refractivity contribution in [2.24, 2.45) is 10.7 Å². The van der Waals surface area contributed by atoms with Crippen LogP contribution in [0.4, 0.5) is 5.69 Å². The average Bonchev–Trinajstić information content (AvgIpc) is 2.97. The Bertz CT molecular complexity index is 1010. The number of nitrogens with zero attached hydrogens (tertiary/aromatic N) is 2. The molecule has 0 radical (unpaired) electrons. The van der Waals surface area contributed by atoms with Gasteiger partial charge in [-0.25, -0.2) is 0 Å². The lowest BCUT2D eigenvalue weighted by molar-refractivity contribution is -0.122. The molecule has 1 aromatic carbocycles. The zero-order chi connectivity index (χ0) is 19.5. The van der Waals surface area contributed by atoms with Gasteiger partial charge in [0.05, 0.1) is 16.8 Å². The summed E-state index contributed by atoms with van der Waals surface area (Å²) in [5.74, 6) is 0.176. The number of H-pyrrole nitrogens is 1. The van der Waals surface area contributed by atoms with Crippen LogP contribution in [0.15, 0.2) is 28.9 Å². The SMILES string of the molecule is C/N=C1\C(=C/N)CCCc2c1[nH]c1cc3c(cc21)N(C(C)C)C(=O)C3(C)C. The molecule has 2 aromatic rings. The molecule has 1 amide bonds. The Morgan fingerprint density at radius 3 is 2.67 bits per heavy atom. The van der Waals surface area contributed by atoms with Gasteiger partial charge in [-0.15, -0.1) is 0 Å². The molecule has 0 saturated heterocycles. The summed E-state index contributed by atoms with van der Waals surface area (Å²) in [5.41, 5.74) is 13.0. The highest BCUT2D eigenvalue weighted by atomic mass is 16.2. The van der Waals surface area contributed by atoms with Gasteiger partial charge in [0.1, 0.15) is 0 Å². The lowest BCUT2D eigenvalue weighted by Gasteiger charge is -2.24. The molecule has 0 saturated carbocycles. The highest BCUT2D eigenvalue weighted by molar-refractivity contribution is 6.16. The summed E-state index contributed by atoms with van der Waals surface area (Å²) < 4.78 is 0. The number of carbonyl (C=O) groups excluding carboxylic acids is 1. The lowest BCUT2D eigenvalue weighted by atomic mass is 9.85. The zero-order valence-electron chi connectivity index (χ0n) is 16.8. The molecule has 0 unspecified atom stereocenters. The number of aliphatic imine (C=N–C) groups is 1. The second-order valence-electron chi connectivity index (χ2n) is 8.41. The zero-order valence-corrected chi connectivity index (χ0v) is 16.8. The molecule has 2 aliphatic rings. The van der Waals surface area contributed by atoms with Gasteiger partial charge in [0.2, 0.25) is 5.91 Å². The van der Waals surface area contributed by atoms with Crippen LogP contribution in [-0.4, -0.2) is 29.7 Å². The number of aryl methyl sites for hydroxylation is 1. The standard InChI is InChI=1S/C22H28N4O/c1-12(2)26-18-9-15-14-8-6-7-13(11-23)19(24-5)20(14)25-17(15)10-16(18)22(3,4)21(26)27/h9-12,25H,6-8,23H2,1-5H3/b13-11-,24-19+. The van der Waals surface area contributed by atoms with Gasteiger partial charge in [0, 0.05) is 29.7 Å². The van der Waals surface area contributed by atoms with Crippen molar-refractivity contribution in [3.05, 3.63) is 40.7 Å². The number of nitrogens with one attached hydrogen (secondary N) is 1. The highest BCUT2D eigenvalue weighted by Crippen LogP contribution is 2.45. The van der Waals surface area contributed by atoms with Crippen LogP contribution in [0.1, 0.15) is 57.4 Å². The van der Waals surface area contributed by atoms with Crippen molar-refractivity contribution in [2.45, 2.75) is 58.4 Å². The largest absolute Gasteiger partial charge is 0.404 e. The second kappa shape index (κ2) is 5.98. The van der Waals surface area contributed by atoms with Crippen LogP contribution in [0, 0.1) is 0 Å². The van der Waals surface area contributed by atoms with E-state index in [0.717, 1.165) is 53.0 Å². The van der Waals surface area contributed by atoms with E-state index in [-0.39, 0.29) is 11.9 Å². The quantitative estimate of drug-likeness (QED) is 0.755. The van der Waals surface area contributed by atoms with Crippen LogP contribution in [0.2, 0.25) is 0 Å². The minimum Gasteiger partial charge on any atom is -0.404 e. The number of benzene rings is 1. The van der Waals surface area contributed by atoms with Crippen LogP contribution in [0.3, 0.4) is 0 Å². The summed E-state index contributed by atoms with van der Waals surface area (Å²) in [7, 11) is 1.82. The van der Waals surface area contributed by atoms with Gasteiger partial charge >= 0.3 is 0 Å². The van der Waals surface area contributed by atoms with Gasteiger partial charge in [-0.1, -0.05) is 0 Å². The van der Waals surface area contributed by atoms with Crippen molar-refractivity contribution in [1.29, 1.82) is 0 Å². The number of aromatic amines is 1. The smallest absolute Gasteiger partial charge is 0.237 e. The Balaban J connectivity index is 2.00. The van der Waals surface area contributed by atoms with Crippen LogP contribution in [0.5, 0.6) is 0 Å². The fraction of sp³-hybridized carbons (Fsp3) is 0.455. The monoisotopic (exact) mass is 364 g/mol. The van der Waals surface area contributed by atoms with Gasteiger partial charge in [0.15, 0.2) is 0 Å². The summed E-state index contributed by atoms with van der Waals surface area (Å²) in [4.78, 5) is 23.1. The normalized spacial score (nSPS) is 22.0. The van der Waals surface area contributed by atoms with Crippen molar-refractivity contribution in [1.82, 2.24) is 4.98 Å². The molecule has 5 nitrogen and oxygen atoms in total. The average molecular weight is 364 g/mol. The predicted molar refractivity (Wildman–Crippen MR) is 112 cm³/mol. The van der Waals surface area contributed by atoms with Crippen LogP contribution in [0.25, 0.3) is 10.9 Å². The van der Waals surface area contributed by atoms with E-state index in [1.165, 1.54) is 10.9 Å². The van der Waals surface area contributed by atoms with E-state index in [4.69, 9.17) is 5.73 Å². The number of fused-ring (bicyclic) bond motifs is 4. The number of nitrogens with two attached hydrogens (primary N) is 1. The Labute approximate surface area is 160 Å². The lowest BCUT2D eigenvalue weighted by Crippen LogP contribution is -2.40. The summed E-state index contributed by atoms with van der Waals surface area (Å²) in [5, 5.41) is 1.19. The third kappa shape index (κ3) is 2.37. The van der Waals surface area contributed by atoms with E-state index in [0.29, 0.717) is 0 Å². The maximum absolute atomic E-state index is 13.0. The van der Waals surface area contributed by atoms with Gasteiger partial charge < -0.3 is 15.6 Å². The summed E-state index contributed by atoms with van der Waals surface area (Å²) in [6.07, 6.45) is 4.63. The van der Waals surface area contributed by atoms with E-state index in [1.807, 2.05) is 25.8 Å². The number of allylic oxidation sites excluding steroid dienone is 1. The van der Waals surface area contributed by atoms with Crippen molar-refractivity contribution < 1.29 is 4.79 Å². The molecule has 0 atom stereocenters. The molecule has 4 rings (SSSR count). The summed E-state index contributed by atoms with van der Waals surface area (Å²) in [6, 6.07) is 4.50. The van der Waals surface area contributed by atoms with E-state index in [9.17, 15) is 4.79 Å². The maximum Gasteiger partial charge on any atom is 0.237 e. The van der Waals surface area contributed by atoms with Gasteiger partial charge in [-0.2, -0.15) is 0 Å². The molecule has 27 heavy (non-hydrogen) atoms. The first-order valence-electron chi connectivity index (χ1n) is 9.72. The van der Waals surface area contributed by atoms with Crippen LogP contribution in [-0.2, 0) is 16.6 Å². The number of hydrogen-bond acceptors (Lipinski definition) is 3. The van der Waals surface area contributed by atoms with Gasteiger partial charge in [-0.3, -0.25) is 9.79 Å². The fourth-order valence-electron chi connectivity index (χ4n) is 4.64. The molecule has 3 N–H and O–H groups in total. The van der Waals surface area contributed by atoms with Crippen molar-refractivity contribution >= 4 is 28.2 Å². The number of amides is 1. The van der Waals surface area contributed by atoms with Crippen molar-refractivity contribution in [3.63, 3.8) is 0 Å². The molecule has 5 heteroatoms. The Morgan fingerprint density at radius 1 is 1.30 bits per heavy atom. The molecule has 142 valence electrons. The molecule has 1 aromatic heterocycles. The van der Waals surface area contributed by atoms with E-state index in [2.05, 4.69) is 36.0 Å². The van der Waals surface area contributed by atoms with Crippen LogP contribution < -0.4 is 10.6 Å². The molecule has 0 bridgehead atoms. The number of hydrogen-bond donors (Lipinski definition) is 2. The molecule has 1 aliphatic heterocycles. The predicted octanol–water partition coefficient (Wildman–Crippen LogP) is 3.80. The third-order valence-corrected chi connectivity index (χ3v) is 6.06. The Morgan fingerprint density at radius 2 is 2.04 bits per heavy atom. The van der Waals surface area contributed by atoms with E-state index >= 15 is 0 Å². The summed E-state index contributed by atoms with van der Waals surface area (Å²) >= 11 is 0. The third-order valence-electron chi connectivity index (χ3n) is 6.06. The first-order chi connectivity index (χ1) is 12.8. The van der Waals surface area contributed by atoms with Gasteiger partial charge in [-0.05, 0) is 82.0 Å². The summed E-state index contributed by atoms with van der Waals surface area (Å²) in [6.45, 7) is 8.19. The Kier molecular flexibility index (Phi) is 3.95.